The van der Waals surface area contributed by atoms with Crippen molar-refractivity contribution in [1.29, 1.82) is 0 Å². The van der Waals surface area contributed by atoms with Crippen molar-refractivity contribution in [1.82, 2.24) is 4.90 Å². The molecule has 1 spiro atoms. The van der Waals surface area contributed by atoms with Crippen LogP contribution >= 0.6 is 11.8 Å². The van der Waals surface area contributed by atoms with Gasteiger partial charge in [-0.2, -0.15) is 0 Å². The highest BCUT2D eigenvalue weighted by Gasteiger charge is 2.59. The van der Waals surface area contributed by atoms with Crippen molar-refractivity contribution in [3.05, 3.63) is 59.4 Å². The quantitative estimate of drug-likeness (QED) is 0.813. The minimum atomic E-state index is -1.11. The van der Waals surface area contributed by atoms with Crippen LogP contribution in [0.15, 0.2) is 42.5 Å². The molecule has 1 saturated heterocycles. The number of carbonyl (C=O) groups is 2. The number of rotatable bonds is 3. The molecule has 0 saturated carbocycles. The lowest BCUT2D eigenvalue weighted by molar-refractivity contribution is -0.138. The molecule has 2 amide bonds. The number of hydrogen-bond acceptors (Lipinski definition) is 4. The number of anilines is 1. The molecule has 1 fully saturated rings. The van der Waals surface area contributed by atoms with Crippen LogP contribution in [0.3, 0.4) is 0 Å². The van der Waals surface area contributed by atoms with Gasteiger partial charge in [0.15, 0.2) is 4.87 Å². The van der Waals surface area contributed by atoms with Gasteiger partial charge < -0.3 is 14.5 Å². The van der Waals surface area contributed by atoms with Crippen LogP contribution in [0.4, 0.5) is 10.1 Å². The number of amides is 2. The predicted molar refractivity (Wildman–Crippen MR) is 102 cm³/mol. The van der Waals surface area contributed by atoms with Gasteiger partial charge in [-0.25, -0.2) is 4.39 Å². The van der Waals surface area contributed by atoms with E-state index in [2.05, 4.69) is 0 Å². The maximum Gasteiger partial charge on any atom is 0.268 e. The van der Waals surface area contributed by atoms with Crippen LogP contribution in [-0.4, -0.2) is 36.1 Å². The summed E-state index contributed by atoms with van der Waals surface area (Å²) in [5.41, 5.74) is 1.84. The zero-order valence-electron chi connectivity index (χ0n) is 15.1. The van der Waals surface area contributed by atoms with Crippen LogP contribution < -0.4 is 9.64 Å². The van der Waals surface area contributed by atoms with Crippen molar-refractivity contribution in [2.45, 2.75) is 18.3 Å². The number of halogens is 1. The van der Waals surface area contributed by atoms with Crippen molar-refractivity contribution < 1.29 is 18.7 Å². The Morgan fingerprint density at radius 3 is 2.78 bits per heavy atom. The minimum Gasteiger partial charge on any atom is -0.497 e. The Hall–Kier alpha value is -2.54. The van der Waals surface area contributed by atoms with Gasteiger partial charge in [0.05, 0.1) is 19.3 Å². The van der Waals surface area contributed by atoms with Crippen LogP contribution in [0.5, 0.6) is 5.75 Å². The van der Waals surface area contributed by atoms with E-state index in [1.165, 1.54) is 24.8 Å². The molecule has 27 heavy (non-hydrogen) atoms. The maximum atomic E-state index is 14.2. The summed E-state index contributed by atoms with van der Waals surface area (Å²) in [7, 11) is 1.56. The van der Waals surface area contributed by atoms with Crippen LogP contribution in [0.2, 0.25) is 0 Å². The van der Waals surface area contributed by atoms with Gasteiger partial charge in [0.1, 0.15) is 11.6 Å². The zero-order valence-corrected chi connectivity index (χ0v) is 15.9. The van der Waals surface area contributed by atoms with E-state index in [9.17, 15) is 14.0 Å². The summed E-state index contributed by atoms with van der Waals surface area (Å²) in [6.45, 7) is 2.08. The zero-order chi connectivity index (χ0) is 19.2. The number of fused-ring (bicyclic) bond motifs is 2. The van der Waals surface area contributed by atoms with Gasteiger partial charge in [-0.3, -0.25) is 9.59 Å². The lowest BCUT2D eigenvalue weighted by atomic mass is 10.1. The summed E-state index contributed by atoms with van der Waals surface area (Å²) < 4.78 is 19.6. The van der Waals surface area contributed by atoms with Crippen LogP contribution in [0.1, 0.15) is 18.1 Å². The molecule has 0 bridgehead atoms. The van der Waals surface area contributed by atoms with Gasteiger partial charge in [-0.05, 0) is 24.3 Å². The number of thioether (sulfide) groups is 1. The lowest BCUT2D eigenvalue weighted by Crippen LogP contribution is -2.49. The normalized spacial score (nSPS) is 21.1. The summed E-state index contributed by atoms with van der Waals surface area (Å²) in [5.74, 6) is 0.547. The minimum absolute atomic E-state index is 0.110. The van der Waals surface area contributed by atoms with Crippen molar-refractivity contribution in [2.24, 2.45) is 0 Å². The van der Waals surface area contributed by atoms with Crippen LogP contribution in [0.25, 0.3) is 0 Å². The molecule has 2 heterocycles. The van der Waals surface area contributed by atoms with Gasteiger partial charge in [-0.15, -0.1) is 11.8 Å². The number of nitrogens with zero attached hydrogens (tertiary/aromatic N) is 2. The fourth-order valence-electron chi connectivity index (χ4n) is 3.81. The Morgan fingerprint density at radius 1 is 1.30 bits per heavy atom. The third-order valence-electron chi connectivity index (χ3n) is 5.07. The molecular formula is C20H19FN2O3S. The second-order valence-corrected chi connectivity index (χ2v) is 7.82. The third-order valence-corrected chi connectivity index (χ3v) is 6.49. The summed E-state index contributed by atoms with van der Waals surface area (Å²) in [4.78, 5) is 27.9. The second kappa shape index (κ2) is 6.56. The summed E-state index contributed by atoms with van der Waals surface area (Å²) in [6, 6.07) is 11.8. The number of benzene rings is 2. The van der Waals surface area contributed by atoms with Gasteiger partial charge in [0.25, 0.3) is 5.91 Å². The molecule has 2 aliphatic heterocycles. The maximum absolute atomic E-state index is 14.2. The molecule has 7 heteroatoms. The summed E-state index contributed by atoms with van der Waals surface area (Å²) in [5, 5.41) is 0. The fourth-order valence-corrected chi connectivity index (χ4v) is 5.31. The molecule has 2 aromatic rings. The topological polar surface area (TPSA) is 49.9 Å². The molecule has 140 valence electrons. The van der Waals surface area contributed by atoms with Crippen molar-refractivity contribution in [3.8, 4) is 5.75 Å². The molecule has 0 N–H and O–H groups in total. The van der Waals surface area contributed by atoms with E-state index >= 15 is 0 Å². The van der Waals surface area contributed by atoms with E-state index in [0.29, 0.717) is 29.3 Å². The average Bonchev–Trinajstić information content (AvgIpc) is 3.21. The van der Waals surface area contributed by atoms with Crippen LogP contribution in [0, 0.1) is 5.82 Å². The van der Waals surface area contributed by atoms with Crippen LogP contribution in [-0.2, 0) is 21.0 Å². The van der Waals surface area contributed by atoms with Crippen molar-refractivity contribution in [3.63, 3.8) is 0 Å². The Bertz CT molecular complexity index is 935. The molecule has 2 aromatic carbocycles. The standard InChI is InChI=1S/C20H19FN2O3S/c1-13(24)23-9-10-27-20(23)16-11-15(26-2)7-8-18(16)22(19(20)25)12-14-5-3-4-6-17(14)21/h3-8,11H,9-10,12H2,1-2H3/t20-/m0/s1. The first-order chi connectivity index (χ1) is 13.0. The largest absolute Gasteiger partial charge is 0.497 e. The molecule has 0 radical (unpaired) electrons. The monoisotopic (exact) mass is 386 g/mol. The smallest absolute Gasteiger partial charge is 0.268 e. The highest BCUT2D eigenvalue weighted by atomic mass is 32.2. The average molecular weight is 386 g/mol. The number of ether oxygens (including phenoxy) is 1. The molecule has 2 aliphatic rings. The highest BCUT2D eigenvalue weighted by molar-refractivity contribution is 8.01. The summed E-state index contributed by atoms with van der Waals surface area (Å²) in [6.07, 6.45) is 0. The molecule has 0 aromatic heterocycles. The molecule has 0 unspecified atom stereocenters. The number of hydrogen-bond donors (Lipinski definition) is 0. The van der Waals surface area contributed by atoms with E-state index in [-0.39, 0.29) is 24.2 Å². The Morgan fingerprint density at radius 2 is 2.07 bits per heavy atom. The second-order valence-electron chi connectivity index (χ2n) is 6.53. The Kier molecular flexibility index (Phi) is 4.34. The van der Waals surface area contributed by atoms with E-state index in [4.69, 9.17) is 4.74 Å². The highest BCUT2D eigenvalue weighted by Crippen LogP contribution is 2.55. The third kappa shape index (κ3) is 2.60. The van der Waals surface area contributed by atoms with Gasteiger partial charge >= 0.3 is 0 Å². The molecule has 0 aliphatic carbocycles. The van der Waals surface area contributed by atoms with Gasteiger partial charge in [0, 0.05) is 30.3 Å². The van der Waals surface area contributed by atoms with E-state index in [1.807, 2.05) is 6.07 Å². The van der Waals surface area contributed by atoms with E-state index in [0.717, 1.165) is 5.56 Å². The fraction of sp³-hybridized carbons (Fsp3) is 0.300. The lowest BCUT2D eigenvalue weighted by Gasteiger charge is -2.32. The van der Waals surface area contributed by atoms with E-state index in [1.54, 1.807) is 47.2 Å². The van der Waals surface area contributed by atoms with E-state index < -0.39 is 4.87 Å². The first kappa shape index (κ1) is 17.9. The number of methoxy groups -OCH3 is 1. The predicted octanol–water partition coefficient (Wildman–Crippen LogP) is 3.13. The molecule has 1 atom stereocenters. The first-order valence-electron chi connectivity index (χ1n) is 8.65. The Balaban J connectivity index is 1.85. The van der Waals surface area contributed by atoms with Gasteiger partial charge in [-0.1, -0.05) is 18.2 Å². The number of carbonyl (C=O) groups excluding carboxylic acids is 2. The first-order valence-corrected chi connectivity index (χ1v) is 9.63. The SMILES string of the molecule is COc1ccc2c(c1)[C@]1(SCCN1C(C)=O)C(=O)N2Cc1ccccc1F. The van der Waals surface area contributed by atoms with Crippen molar-refractivity contribution >= 4 is 29.3 Å². The molecule has 4 rings (SSSR count). The summed E-state index contributed by atoms with van der Waals surface area (Å²) >= 11 is 1.44. The van der Waals surface area contributed by atoms with Crippen molar-refractivity contribution in [2.75, 3.05) is 24.3 Å². The molecule has 5 nitrogen and oxygen atoms in total. The van der Waals surface area contributed by atoms with Gasteiger partial charge in [0.2, 0.25) is 5.91 Å². The molecular weight excluding hydrogens is 367 g/mol. The Labute approximate surface area is 161 Å².